The molecule has 0 unspecified atom stereocenters. The number of piperidine rings is 1. The molecule has 1 saturated heterocycles. The Hall–Kier alpha value is -2.27. The number of hydrogen-bond donors (Lipinski definition) is 1. The largest absolute Gasteiger partial charge is 0.325 e. The van der Waals surface area contributed by atoms with E-state index >= 15 is 0 Å². The van der Waals surface area contributed by atoms with Gasteiger partial charge in [-0.3, -0.25) is 4.79 Å². The highest BCUT2D eigenvalue weighted by Crippen LogP contribution is 2.26. The summed E-state index contributed by atoms with van der Waals surface area (Å²) in [5, 5.41) is 2.58. The van der Waals surface area contributed by atoms with Gasteiger partial charge in [-0.2, -0.15) is 8.61 Å². The minimum absolute atomic E-state index is 0.172. The molecule has 0 aromatic heterocycles. The van der Waals surface area contributed by atoms with E-state index in [1.165, 1.54) is 41.2 Å². The molecule has 0 atom stereocenters. The van der Waals surface area contributed by atoms with E-state index in [1.54, 1.807) is 0 Å². The van der Waals surface area contributed by atoms with Crippen LogP contribution in [0.2, 0.25) is 0 Å². The molecular weight excluding hydrogens is 450 g/mol. The number of rotatable bonds is 8. The number of nitrogens with one attached hydrogen (secondary N) is 1. The summed E-state index contributed by atoms with van der Waals surface area (Å²) in [6.45, 7) is 0.642. The Labute approximate surface area is 190 Å². The molecule has 10 heteroatoms. The molecule has 8 nitrogen and oxygen atoms in total. The topological polar surface area (TPSA) is 104 Å². The predicted molar refractivity (Wildman–Crippen MR) is 124 cm³/mol. The molecule has 0 bridgehead atoms. The van der Waals surface area contributed by atoms with Crippen molar-refractivity contribution >= 4 is 31.6 Å². The van der Waals surface area contributed by atoms with Gasteiger partial charge in [0.25, 0.3) is 0 Å². The number of nitrogens with zero attached hydrogens (tertiary/aromatic N) is 2. The molecule has 1 fully saturated rings. The zero-order valence-corrected chi connectivity index (χ0v) is 19.9. The van der Waals surface area contributed by atoms with Gasteiger partial charge >= 0.3 is 0 Å². The molecular formula is C22H29N3O5S2. The van der Waals surface area contributed by atoms with Crippen LogP contribution in [0, 0.1) is 5.92 Å². The van der Waals surface area contributed by atoms with Crippen molar-refractivity contribution in [2.24, 2.45) is 5.92 Å². The molecule has 2 aromatic carbocycles. The lowest BCUT2D eigenvalue weighted by molar-refractivity contribution is -0.116. The van der Waals surface area contributed by atoms with Crippen molar-refractivity contribution in [1.82, 2.24) is 8.61 Å². The van der Waals surface area contributed by atoms with Crippen LogP contribution in [-0.4, -0.2) is 64.3 Å². The maximum Gasteiger partial charge on any atom is 0.243 e. The van der Waals surface area contributed by atoms with Crippen molar-refractivity contribution in [2.45, 2.75) is 24.2 Å². The molecule has 1 aliphatic rings. The summed E-state index contributed by atoms with van der Waals surface area (Å²) in [7, 11) is -5.76. The average molecular weight is 480 g/mol. The number of hydrogen-bond acceptors (Lipinski definition) is 5. The molecule has 1 heterocycles. The van der Waals surface area contributed by atoms with E-state index in [0.717, 1.165) is 29.8 Å². The van der Waals surface area contributed by atoms with Gasteiger partial charge in [-0.15, -0.1) is 0 Å². The third-order valence-corrected chi connectivity index (χ3v) is 8.82. The highest BCUT2D eigenvalue weighted by Gasteiger charge is 2.29. The van der Waals surface area contributed by atoms with Gasteiger partial charge in [-0.05, 0) is 55.0 Å². The second-order valence-corrected chi connectivity index (χ2v) is 12.2. The maximum absolute atomic E-state index is 13.0. The van der Waals surface area contributed by atoms with Crippen LogP contribution in [0.5, 0.6) is 0 Å². The summed E-state index contributed by atoms with van der Waals surface area (Å²) in [6.07, 6.45) is 3.61. The molecule has 0 radical (unpaired) electrons. The van der Waals surface area contributed by atoms with Gasteiger partial charge in [0.2, 0.25) is 26.0 Å². The van der Waals surface area contributed by atoms with E-state index in [0.29, 0.717) is 24.7 Å². The molecule has 1 aliphatic heterocycles. The van der Waals surface area contributed by atoms with E-state index in [9.17, 15) is 21.6 Å². The lowest BCUT2D eigenvalue weighted by Gasteiger charge is -2.31. The molecule has 1 amide bonds. The van der Waals surface area contributed by atoms with Gasteiger partial charge in [-0.25, -0.2) is 16.8 Å². The third kappa shape index (κ3) is 6.38. The molecule has 3 rings (SSSR count). The fraction of sp³-hybridized carbons (Fsp3) is 0.409. The Morgan fingerprint density at radius 2 is 1.59 bits per heavy atom. The van der Waals surface area contributed by atoms with Gasteiger partial charge in [-0.1, -0.05) is 30.3 Å². The highest BCUT2D eigenvalue weighted by molar-refractivity contribution is 7.89. The first-order chi connectivity index (χ1) is 15.1. The number of benzene rings is 2. The standard InChI is InChI=1S/C22H29N3O5S2/c1-24(31(2,27)28)17-22(26)23-20-8-10-21(11-9-20)32(29,30)25-14-12-19(13-15-25)16-18-6-4-3-5-7-18/h3-11,19H,12-17H2,1-2H3,(H,23,26). The molecule has 174 valence electrons. The summed E-state index contributed by atoms with van der Waals surface area (Å²) in [6, 6.07) is 16.2. The smallest absolute Gasteiger partial charge is 0.243 e. The summed E-state index contributed by atoms with van der Waals surface area (Å²) < 4.78 is 51.3. The summed E-state index contributed by atoms with van der Waals surface area (Å²) >= 11 is 0. The van der Waals surface area contributed by atoms with Crippen molar-refractivity contribution < 1.29 is 21.6 Å². The Morgan fingerprint density at radius 1 is 1.00 bits per heavy atom. The minimum Gasteiger partial charge on any atom is -0.325 e. The van der Waals surface area contributed by atoms with Crippen LogP contribution in [0.1, 0.15) is 18.4 Å². The maximum atomic E-state index is 13.0. The summed E-state index contributed by atoms with van der Waals surface area (Å²) in [5.74, 6) is -0.0412. The molecule has 0 spiro atoms. The average Bonchev–Trinajstić information content (AvgIpc) is 2.74. The Kier molecular flexibility index (Phi) is 7.71. The quantitative estimate of drug-likeness (QED) is 0.625. The second kappa shape index (κ2) is 10.1. The first kappa shape index (κ1) is 24.4. The Morgan fingerprint density at radius 3 is 2.16 bits per heavy atom. The van der Waals surface area contributed by atoms with Gasteiger partial charge in [0.05, 0.1) is 17.7 Å². The van der Waals surface area contributed by atoms with E-state index in [4.69, 9.17) is 0 Å². The zero-order valence-electron chi connectivity index (χ0n) is 18.3. The van der Waals surface area contributed by atoms with Crippen LogP contribution in [0.4, 0.5) is 5.69 Å². The normalized spacial score (nSPS) is 16.2. The molecule has 0 aliphatic carbocycles. The third-order valence-electron chi connectivity index (χ3n) is 5.65. The van der Waals surface area contributed by atoms with Crippen LogP contribution in [-0.2, 0) is 31.3 Å². The van der Waals surface area contributed by atoms with Gasteiger partial charge < -0.3 is 5.32 Å². The van der Waals surface area contributed by atoms with Gasteiger partial charge in [0.1, 0.15) is 0 Å². The van der Waals surface area contributed by atoms with Crippen molar-refractivity contribution in [3.63, 3.8) is 0 Å². The molecule has 32 heavy (non-hydrogen) atoms. The van der Waals surface area contributed by atoms with Crippen molar-refractivity contribution in [3.8, 4) is 0 Å². The Balaban J connectivity index is 1.56. The van der Waals surface area contributed by atoms with Crippen LogP contribution in [0.15, 0.2) is 59.5 Å². The van der Waals surface area contributed by atoms with Crippen LogP contribution in [0.3, 0.4) is 0 Å². The van der Waals surface area contributed by atoms with Gasteiger partial charge in [0.15, 0.2) is 0 Å². The van der Waals surface area contributed by atoms with Crippen molar-refractivity contribution in [3.05, 3.63) is 60.2 Å². The SMILES string of the molecule is CN(CC(=O)Nc1ccc(S(=O)(=O)N2CCC(Cc3ccccc3)CC2)cc1)S(C)(=O)=O. The number of amides is 1. The van der Waals surface area contributed by atoms with Crippen molar-refractivity contribution in [2.75, 3.05) is 38.3 Å². The van der Waals surface area contributed by atoms with Crippen LogP contribution < -0.4 is 5.32 Å². The van der Waals surface area contributed by atoms with E-state index in [2.05, 4.69) is 17.4 Å². The first-order valence-corrected chi connectivity index (χ1v) is 13.7. The van der Waals surface area contributed by atoms with Gasteiger partial charge in [0, 0.05) is 25.8 Å². The molecule has 1 N–H and O–H groups in total. The Bertz CT molecular complexity index is 1130. The fourth-order valence-electron chi connectivity index (χ4n) is 3.68. The number of sulfonamides is 2. The summed E-state index contributed by atoms with van der Waals surface area (Å²) in [4.78, 5) is 12.2. The predicted octanol–water partition coefficient (Wildman–Crippen LogP) is 2.16. The number of carbonyl (C=O) groups is 1. The number of carbonyl (C=O) groups excluding carboxylic acids is 1. The van der Waals surface area contributed by atoms with Crippen molar-refractivity contribution in [1.29, 1.82) is 0 Å². The van der Waals surface area contributed by atoms with E-state index in [-0.39, 0.29) is 11.4 Å². The number of anilines is 1. The highest BCUT2D eigenvalue weighted by atomic mass is 32.2. The monoisotopic (exact) mass is 479 g/mol. The van der Waals surface area contributed by atoms with E-state index in [1.807, 2.05) is 18.2 Å². The first-order valence-electron chi connectivity index (χ1n) is 10.4. The fourth-order valence-corrected chi connectivity index (χ4v) is 5.50. The van der Waals surface area contributed by atoms with Crippen LogP contribution in [0.25, 0.3) is 0 Å². The van der Waals surface area contributed by atoms with E-state index < -0.39 is 26.0 Å². The molecule has 0 saturated carbocycles. The lowest BCUT2D eigenvalue weighted by atomic mass is 9.91. The zero-order chi connectivity index (χ0) is 23.4. The lowest BCUT2D eigenvalue weighted by Crippen LogP contribution is -2.38. The molecule has 2 aromatic rings. The number of likely N-dealkylation sites (N-methyl/N-ethyl adjacent to an activating group) is 1. The summed E-state index contributed by atoms with van der Waals surface area (Å²) in [5.41, 5.74) is 1.67. The van der Waals surface area contributed by atoms with Crippen LogP contribution >= 0.6 is 0 Å². The minimum atomic E-state index is -3.61. The second-order valence-electron chi connectivity index (χ2n) is 8.13.